The van der Waals surface area contributed by atoms with Gasteiger partial charge in [0.2, 0.25) is 0 Å². The summed E-state index contributed by atoms with van der Waals surface area (Å²) in [6.07, 6.45) is 0. The number of furan rings is 1. The van der Waals surface area contributed by atoms with Gasteiger partial charge in [0.1, 0.15) is 0 Å². The zero-order valence-electron chi connectivity index (χ0n) is 27.0. The van der Waals surface area contributed by atoms with Crippen LogP contribution in [0.1, 0.15) is 0 Å². The third-order valence-electron chi connectivity index (χ3n) is 9.60. The molecule has 0 bridgehead atoms. The van der Waals surface area contributed by atoms with Gasteiger partial charge in [-0.3, -0.25) is 0 Å². The first kappa shape index (κ1) is 28.9. The van der Waals surface area contributed by atoms with Crippen molar-refractivity contribution in [2.75, 3.05) is 9.80 Å². The number of hydrogen-bond donors (Lipinski definition) is 0. The van der Waals surface area contributed by atoms with Gasteiger partial charge in [-0.25, -0.2) is 0 Å². The molecule has 0 saturated heterocycles. The van der Waals surface area contributed by atoms with Crippen LogP contribution < -0.4 is 9.80 Å². The molecule has 2 aromatic heterocycles. The normalized spacial score (nSPS) is 11.6. The average molecular weight is 706 g/mol. The zero-order chi connectivity index (χ0) is 33.0. The fourth-order valence-corrected chi connectivity index (χ4v) is 9.97. The molecule has 0 spiro atoms. The van der Waals surface area contributed by atoms with E-state index in [2.05, 4.69) is 180 Å². The molecule has 0 N–H and O–H groups in total. The average Bonchev–Trinajstić information content (AvgIpc) is 3.74. The molecule has 3 nitrogen and oxygen atoms in total. The zero-order valence-corrected chi connectivity index (χ0v) is 28.7. The third kappa shape index (κ3) is 4.81. The molecule has 236 valence electrons. The molecule has 0 aliphatic heterocycles. The van der Waals surface area contributed by atoms with Crippen molar-refractivity contribution in [3.05, 3.63) is 182 Å². The second-order valence-electron chi connectivity index (χ2n) is 12.6. The van der Waals surface area contributed by atoms with Gasteiger partial charge in [-0.1, -0.05) is 0 Å². The Balaban J connectivity index is 1.18. The molecule has 0 unspecified atom stereocenters. The Labute approximate surface area is 295 Å². The molecular formula is C46H30N2OSe. The number of benzene rings is 8. The van der Waals surface area contributed by atoms with E-state index in [1.54, 1.807) is 0 Å². The van der Waals surface area contributed by atoms with Crippen LogP contribution in [0.25, 0.3) is 52.0 Å². The SMILES string of the molecule is c1ccc(N(c2ccccc2)c2cccc(N(c3ccc4c(c3)oc3ccccc34)c3ccc4c(c3)[se]c3c5ccccc5ccc43)c2)cc1. The van der Waals surface area contributed by atoms with Crippen molar-refractivity contribution in [2.45, 2.75) is 0 Å². The van der Waals surface area contributed by atoms with E-state index in [4.69, 9.17) is 4.42 Å². The Morgan fingerprint density at radius 2 is 0.880 bits per heavy atom. The summed E-state index contributed by atoms with van der Waals surface area (Å²) in [7, 11) is 0. The summed E-state index contributed by atoms with van der Waals surface area (Å²) in [6, 6.07) is 65.3. The van der Waals surface area contributed by atoms with Crippen LogP contribution >= 0.6 is 0 Å². The maximum absolute atomic E-state index is 6.42. The van der Waals surface area contributed by atoms with Crippen LogP contribution in [0.5, 0.6) is 0 Å². The quantitative estimate of drug-likeness (QED) is 0.161. The number of anilines is 6. The van der Waals surface area contributed by atoms with Crippen LogP contribution in [0.2, 0.25) is 0 Å². The first-order valence-corrected chi connectivity index (χ1v) is 18.6. The van der Waals surface area contributed by atoms with E-state index in [-0.39, 0.29) is 14.5 Å². The first-order chi connectivity index (χ1) is 24.8. The van der Waals surface area contributed by atoms with Crippen molar-refractivity contribution >= 4 is 101 Å². The molecule has 0 radical (unpaired) electrons. The summed E-state index contributed by atoms with van der Waals surface area (Å²) in [4.78, 5) is 4.69. The van der Waals surface area contributed by atoms with E-state index in [1.807, 2.05) is 12.1 Å². The molecule has 10 rings (SSSR count). The Bertz CT molecular complexity index is 2800. The van der Waals surface area contributed by atoms with Crippen molar-refractivity contribution in [1.82, 2.24) is 0 Å². The summed E-state index contributed by atoms with van der Waals surface area (Å²) in [5.74, 6) is 0. The number of nitrogens with zero attached hydrogens (tertiary/aromatic N) is 2. The molecule has 50 heavy (non-hydrogen) atoms. The van der Waals surface area contributed by atoms with Crippen molar-refractivity contribution in [2.24, 2.45) is 0 Å². The van der Waals surface area contributed by atoms with E-state index in [1.165, 1.54) is 30.1 Å². The predicted octanol–water partition coefficient (Wildman–Crippen LogP) is 13.0. The molecule has 0 fully saturated rings. The molecule has 0 amide bonds. The number of fused-ring (bicyclic) bond motifs is 8. The Morgan fingerprint density at radius 3 is 1.64 bits per heavy atom. The van der Waals surface area contributed by atoms with E-state index in [9.17, 15) is 0 Å². The van der Waals surface area contributed by atoms with Gasteiger partial charge in [0, 0.05) is 0 Å². The summed E-state index contributed by atoms with van der Waals surface area (Å²) in [5, 5.41) is 7.63. The molecule has 4 heteroatoms. The van der Waals surface area contributed by atoms with Crippen LogP contribution in [-0.2, 0) is 0 Å². The predicted molar refractivity (Wildman–Crippen MR) is 213 cm³/mol. The summed E-state index contributed by atoms with van der Waals surface area (Å²) >= 11 is 0.190. The van der Waals surface area contributed by atoms with Gasteiger partial charge in [0.25, 0.3) is 0 Å². The topological polar surface area (TPSA) is 19.6 Å². The molecule has 0 saturated carbocycles. The Hall–Kier alpha value is -6.06. The Morgan fingerprint density at radius 1 is 0.340 bits per heavy atom. The molecular weight excluding hydrogens is 675 g/mol. The second-order valence-corrected chi connectivity index (χ2v) is 14.8. The van der Waals surface area contributed by atoms with Crippen LogP contribution in [0.3, 0.4) is 0 Å². The minimum atomic E-state index is 0.190. The van der Waals surface area contributed by atoms with Gasteiger partial charge < -0.3 is 0 Å². The van der Waals surface area contributed by atoms with Gasteiger partial charge >= 0.3 is 297 Å². The number of rotatable bonds is 6. The molecule has 2 heterocycles. The van der Waals surface area contributed by atoms with Crippen LogP contribution in [-0.4, -0.2) is 14.5 Å². The Kier molecular flexibility index (Phi) is 6.83. The van der Waals surface area contributed by atoms with Gasteiger partial charge in [-0.05, 0) is 0 Å². The monoisotopic (exact) mass is 706 g/mol. The van der Waals surface area contributed by atoms with Gasteiger partial charge in [-0.15, -0.1) is 0 Å². The van der Waals surface area contributed by atoms with Crippen LogP contribution in [0, 0.1) is 0 Å². The fraction of sp³-hybridized carbons (Fsp3) is 0. The van der Waals surface area contributed by atoms with Crippen LogP contribution in [0.15, 0.2) is 186 Å². The molecule has 0 aliphatic rings. The van der Waals surface area contributed by atoms with E-state index in [0.29, 0.717) is 0 Å². The summed E-state index contributed by atoms with van der Waals surface area (Å²) < 4.78 is 9.30. The van der Waals surface area contributed by atoms with Gasteiger partial charge in [-0.2, -0.15) is 0 Å². The second kappa shape index (κ2) is 11.8. The summed E-state index contributed by atoms with van der Waals surface area (Å²) in [6.45, 7) is 0. The van der Waals surface area contributed by atoms with Crippen molar-refractivity contribution in [3.8, 4) is 0 Å². The van der Waals surface area contributed by atoms with Gasteiger partial charge in [0.05, 0.1) is 0 Å². The number of hydrogen-bond acceptors (Lipinski definition) is 3. The molecule has 0 atom stereocenters. The molecule has 0 aliphatic carbocycles. The van der Waals surface area contributed by atoms with Crippen molar-refractivity contribution in [1.29, 1.82) is 0 Å². The third-order valence-corrected chi connectivity index (χ3v) is 12.1. The first-order valence-electron chi connectivity index (χ1n) is 16.8. The van der Waals surface area contributed by atoms with Crippen molar-refractivity contribution < 1.29 is 4.42 Å². The molecule has 8 aromatic carbocycles. The fourth-order valence-electron chi connectivity index (χ4n) is 7.31. The van der Waals surface area contributed by atoms with Crippen molar-refractivity contribution in [3.63, 3.8) is 0 Å². The van der Waals surface area contributed by atoms with E-state index >= 15 is 0 Å². The van der Waals surface area contributed by atoms with Gasteiger partial charge in [0.15, 0.2) is 0 Å². The number of para-hydroxylation sites is 3. The minimum absolute atomic E-state index is 0.190. The van der Waals surface area contributed by atoms with E-state index < -0.39 is 0 Å². The van der Waals surface area contributed by atoms with E-state index in [0.717, 1.165) is 56.1 Å². The summed E-state index contributed by atoms with van der Waals surface area (Å²) in [5.41, 5.74) is 8.33. The standard InChI is InChI=1S/C46H30N2OSe/c1-3-13-32(14-4-1)47(33-15-5-2-6-16-33)34-17-11-18-35(28-34)48(36-23-26-40-39-20-9-10-21-43(39)49-44(40)29-36)37-24-27-41-42-25-22-31-12-7-8-19-38(31)46(42)50-45(41)30-37/h1-30H. The van der Waals surface area contributed by atoms with Crippen LogP contribution in [0.4, 0.5) is 34.1 Å². The molecule has 10 aromatic rings. The maximum atomic E-state index is 6.42.